The first kappa shape index (κ1) is 22.1. The summed E-state index contributed by atoms with van der Waals surface area (Å²) in [6.45, 7) is 4.27. The van der Waals surface area contributed by atoms with Crippen molar-refractivity contribution in [2.45, 2.75) is 38.3 Å². The molecule has 3 atom stereocenters. The first-order valence-corrected chi connectivity index (χ1v) is 12.2. The van der Waals surface area contributed by atoms with Crippen molar-refractivity contribution in [3.63, 3.8) is 0 Å². The number of fused-ring (bicyclic) bond motifs is 2. The summed E-state index contributed by atoms with van der Waals surface area (Å²) < 4.78 is 5.30. The summed E-state index contributed by atoms with van der Waals surface area (Å²) in [4.78, 5) is 26.0. The third-order valence-corrected chi connectivity index (χ3v) is 7.83. The van der Waals surface area contributed by atoms with Crippen molar-refractivity contribution in [1.82, 2.24) is 15.3 Å². The smallest absolute Gasteiger partial charge is 0.263 e. The fourth-order valence-electron chi connectivity index (χ4n) is 4.88. The number of methoxy groups -OCH3 is 1. The number of aryl methyl sites for hydroxylation is 2. The molecular formula is C24H30N6O2S. The highest BCUT2D eigenvalue weighted by Gasteiger charge is 2.31. The number of nitrogens with zero attached hydrogens (tertiary/aromatic N) is 3. The number of hydrogen-bond acceptors (Lipinski definition) is 8. The second-order valence-electron chi connectivity index (χ2n) is 9.12. The molecule has 0 bridgehead atoms. The van der Waals surface area contributed by atoms with Gasteiger partial charge in [-0.2, -0.15) is 0 Å². The van der Waals surface area contributed by atoms with Gasteiger partial charge in [0.15, 0.2) is 0 Å². The quantitative estimate of drug-likeness (QED) is 0.528. The lowest BCUT2D eigenvalue weighted by atomic mass is 9.91. The Labute approximate surface area is 197 Å². The lowest BCUT2D eigenvalue weighted by Gasteiger charge is -2.26. The minimum Gasteiger partial charge on any atom is -0.397 e. The average Bonchev–Trinajstić information content (AvgIpc) is 3.33. The third kappa shape index (κ3) is 4.28. The van der Waals surface area contributed by atoms with Crippen LogP contribution in [-0.4, -0.2) is 54.8 Å². The molecule has 3 aromatic heterocycles. The van der Waals surface area contributed by atoms with E-state index in [-0.39, 0.29) is 18.0 Å². The number of anilines is 2. The van der Waals surface area contributed by atoms with E-state index >= 15 is 0 Å². The van der Waals surface area contributed by atoms with E-state index in [0.29, 0.717) is 23.1 Å². The largest absolute Gasteiger partial charge is 0.397 e. The molecular weight excluding hydrogens is 436 g/mol. The van der Waals surface area contributed by atoms with Crippen LogP contribution in [0.1, 0.15) is 33.0 Å². The average molecular weight is 467 g/mol. The molecule has 33 heavy (non-hydrogen) atoms. The standard InChI is InChI=1S/C24H30N6O2S/c1-13-3-6-17-21(26)22(33-24(17)27-13)23(31)28-16-5-7-19-14(9-16)4-8-20(29-19)30-10-15(12-32-2)18(25)11-30/h3-4,6,8,15-16,18H,5,7,9-12,25-26H2,1-2H3,(H,28,31)/t15-,16-,18+/m0/s1. The highest BCUT2D eigenvalue weighted by molar-refractivity contribution is 7.21. The van der Waals surface area contributed by atoms with Crippen LogP contribution in [0.3, 0.4) is 0 Å². The van der Waals surface area contributed by atoms with E-state index in [1.165, 1.54) is 16.9 Å². The molecule has 1 amide bonds. The number of hydrogen-bond donors (Lipinski definition) is 3. The topological polar surface area (TPSA) is 119 Å². The van der Waals surface area contributed by atoms with E-state index < -0.39 is 0 Å². The molecule has 174 valence electrons. The van der Waals surface area contributed by atoms with Crippen LogP contribution in [0, 0.1) is 12.8 Å². The van der Waals surface area contributed by atoms with Crippen LogP contribution in [-0.2, 0) is 17.6 Å². The van der Waals surface area contributed by atoms with Crippen LogP contribution in [0.4, 0.5) is 11.5 Å². The number of nitrogens with two attached hydrogens (primary N) is 2. The predicted octanol–water partition coefficient (Wildman–Crippen LogP) is 2.28. The zero-order chi connectivity index (χ0) is 23.1. The van der Waals surface area contributed by atoms with Crippen LogP contribution < -0.4 is 21.7 Å². The van der Waals surface area contributed by atoms with Crippen LogP contribution >= 0.6 is 11.3 Å². The molecule has 0 aromatic carbocycles. The minimum absolute atomic E-state index is 0.0586. The van der Waals surface area contributed by atoms with E-state index in [4.69, 9.17) is 21.2 Å². The van der Waals surface area contributed by atoms with Crippen molar-refractivity contribution < 1.29 is 9.53 Å². The Morgan fingerprint density at radius 2 is 2.12 bits per heavy atom. The molecule has 3 aromatic rings. The van der Waals surface area contributed by atoms with E-state index in [9.17, 15) is 4.79 Å². The van der Waals surface area contributed by atoms with Gasteiger partial charge >= 0.3 is 0 Å². The molecule has 4 heterocycles. The number of rotatable bonds is 5. The number of ether oxygens (including phenoxy) is 1. The monoisotopic (exact) mass is 466 g/mol. The van der Waals surface area contributed by atoms with Crippen molar-refractivity contribution >= 4 is 39.0 Å². The lowest BCUT2D eigenvalue weighted by molar-refractivity contribution is 0.0938. The van der Waals surface area contributed by atoms with Gasteiger partial charge in [-0.15, -0.1) is 11.3 Å². The van der Waals surface area contributed by atoms with Gasteiger partial charge < -0.3 is 26.4 Å². The van der Waals surface area contributed by atoms with E-state index in [1.54, 1.807) is 7.11 Å². The predicted molar refractivity (Wildman–Crippen MR) is 132 cm³/mol. The summed E-state index contributed by atoms with van der Waals surface area (Å²) in [7, 11) is 1.72. The molecule has 0 radical (unpaired) electrons. The maximum Gasteiger partial charge on any atom is 0.263 e. The third-order valence-electron chi connectivity index (χ3n) is 6.72. The zero-order valence-corrected chi connectivity index (χ0v) is 19.8. The van der Waals surface area contributed by atoms with E-state index in [2.05, 4.69) is 27.3 Å². The van der Waals surface area contributed by atoms with Crippen molar-refractivity contribution in [3.8, 4) is 0 Å². The van der Waals surface area contributed by atoms with E-state index in [1.807, 2.05) is 19.1 Å². The van der Waals surface area contributed by atoms with Gasteiger partial charge in [0.05, 0.1) is 12.3 Å². The number of nitrogens with one attached hydrogen (secondary N) is 1. The number of pyridine rings is 2. The van der Waals surface area contributed by atoms with Crippen LogP contribution in [0.25, 0.3) is 10.2 Å². The first-order chi connectivity index (χ1) is 15.9. The molecule has 0 saturated carbocycles. The van der Waals surface area contributed by atoms with Crippen LogP contribution in [0.5, 0.6) is 0 Å². The Morgan fingerprint density at radius 1 is 1.27 bits per heavy atom. The Balaban J connectivity index is 1.26. The second kappa shape index (κ2) is 8.89. The zero-order valence-electron chi connectivity index (χ0n) is 19.0. The van der Waals surface area contributed by atoms with Gasteiger partial charge in [-0.05, 0) is 49.9 Å². The SMILES string of the molecule is COC[C@@H]1CN(c2ccc3c(n2)CC[C@H](NC(=O)c2sc4nc(C)ccc4c2N)C3)C[C@H]1N. The Bertz CT molecular complexity index is 1200. The Hall–Kier alpha value is -2.75. The van der Waals surface area contributed by atoms with Gasteiger partial charge in [-0.3, -0.25) is 4.79 Å². The number of carbonyl (C=O) groups is 1. The molecule has 1 aliphatic heterocycles. The summed E-state index contributed by atoms with van der Waals surface area (Å²) in [5.41, 5.74) is 16.3. The van der Waals surface area contributed by atoms with Gasteiger partial charge in [-0.1, -0.05) is 6.07 Å². The van der Waals surface area contributed by atoms with Gasteiger partial charge in [0.2, 0.25) is 0 Å². The van der Waals surface area contributed by atoms with Gasteiger partial charge in [0.1, 0.15) is 15.5 Å². The molecule has 5 rings (SSSR count). The number of aromatic nitrogens is 2. The second-order valence-corrected chi connectivity index (χ2v) is 10.1. The summed E-state index contributed by atoms with van der Waals surface area (Å²) in [5.74, 6) is 1.18. The van der Waals surface area contributed by atoms with Crippen LogP contribution in [0.2, 0.25) is 0 Å². The van der Waals surface area contributed by atoms with Crippen molar-refractivity contribution in [2.24, 2.45) is 11.7 Å². The maximum absolute atomic E-state index is 13.0. The minimum atomic E-state index is -0.124. The van der Waals surface area contributed by atoms with E-state index in [0.717, 1.165) is 59.8 Å². The summed E-state index contributed by atoms with van der Waals surface area (Å²) >= 11 is 1.35. The fraction of sp³-hybridized carbons (Fsp3) is 0.458. The molecule has 0 spiro atoms. The summed E-state index contributed by atoms with van der Waals surface area (Å²) in [6, 6.07) is 8.23. The molecule has 2 aliphatic rings. The lowest BCUT2D eigenvalue weighted by Crippen LogP contribution is -2.39. The summed E-state index contributed by atoms with van der Waals surface area (Å²) in [6.07, 6.45) is 2.45. The number of nitrogen functional groups attached to an aromatic ring is 1. The van der Waals surface area contributed by atoms with Crippen molar-refractivity contribution in [2.75, 3.05) is 37.4 Å². The fourth-order valence-corrected chi connectivity index (χ4v) is 5.92. The van der Waals surface area contributed by atoms with Gasteiger partial charge in [-0.25, -0.2) is 9.97 Å². The molecule has 9 heteroatoms. The Kier molecular flexibility index (Phi) is 5.94. The summed E-state index contributed by atoms with van der Waals surface area (Å²) in [5, 5.41) is 4.03. The molecule has 5 N–H and O–H groups in total. The molecule has 1 aliphatic carbocycles. The van der Waals surface area contributed by atoms with Crippen molar-refractivity contribution in [1.29, 1.82) is 0 Å². The Morgan fingerprint density at radius 3 is 2.94 bits per heavy atom. The van der Waals surface area contributed by atoms with Gasteiger partial charge in [0.25, 0.3) is 5.91 Å². The maximum atomic E-state index is 13.0. The number of thiophene rings is 1. The normalized spacial score (nSPS) is 22.5. The van der Waals surface area contributed by atoms with Crippen LogP contribution in [0.15, 0.2) is 24.3 Å². The molecule has 1 saturated heterocycles. The number of carbonyl (C=O) groups excluding carboxylic acids is 1. The highest BCUT2D eigenvalue weighted by Crippen LogP contribution is 2.33. The van der Waals surface area contributed by atoms with Gasteiger partial charge in [0, 0.05) is 55.0 Å². The first-order valence-electron chi connectivity index (χ1n) is 11.4. The molecule has 1 fully saturated rings. The molecule has 0 unspecified atom stereocenters. The molecule has 8 nitrogen and oxygen atoms in total. The number of amides is 1. The highest BCUT2D eigenvalue weighted by atomic mass is 32.1. The van der Waals surface area contributed by atoms with Crippen molar-refractivity contribution in [3.05, 3.63) is 46.1 Å².